The molecule has 0 bridgehead atoms. The summed E-state index contributed by atoms with van der Waals surface area (Å²) in [5.74, 6) is 0.729. The maximum atomic E-state index is 5.42. The highest BCUT2D eigenvalue weighted by molar-refractivity contribution is 7.26. The van der Waals surface area contributed by atoms with Gasteiger partial charge in [-0.2, -0.15) is 0 Å². The third-order valence-corrected chi connectivity index (χ3v) is 12.8. The van der Waals surface area contributed by atoms with Gasteiger partial charge in [-0.15, -0.1) is 22.7 Å². The van der Waals surface area contributed by atoms with E-state index < -0.39 is 0 Å². The third kappa shape index (κ3) is 5.30. The van der Waals surface area contributed by atoms with Crippen molar-refractivity contribution in [3.05, 3.63) is 182 Å². The largest absolute Gasteiger partial charge is 0.228 e. The van der Waals surface area contributed by atoms with Crippen LogP contribution in [0.3, 0.4) is 0 Å². The van der Waals surface area contributed by atoms with Crippen LogP contribution in [0.2, 0.25) is 0 Å². The topological polar surface area (TPSA) is 25.8 Å². The minimum Gasteiger partial charge on any atom is -0.228 e. The molecular formula is C50H30N2S2. The van der Waals surface area contributed by atoms with Gasteiger partial charge < -0.3 is 0 Å². The van der Waals surface area contributed by atoms with Gasteiger partial charge in [0.15, 0.2) is 5.82 Å². The molecule has 4 heteroatoms. The SMILES string of the molecule is c1ccc(-c2cc(-c3cc(-c4ccc5ccccc5c4)cc(-c4ccc5sc6ccccc6c5c4)c3)nc(-c3cccc4c3sc3ccccc34)n2)cc1. The van der Waals surface area contributed by atoms with Crippen LogP contribution in [0.15, 0.2) is 182 Å². The van der Waals surface area contributed by atoms with Crippen LogP contribution in [0, 0.1) is 0 Å². The lowest BCUT2D eigenvalue weighted by Crippen LogP contribution is -1.97. The van der Waals surface area contributed by atoms with Crippen molar-refractivity contribution in [3.8, 4) is 56.2 Å². The molecule has 0 aliphatic heterocycles. The Morgan fingerprint density at radius 1 is 0.315 bits per heavy atom. The van der Waals surface area contributed by atoms with Gasteiger partial charge >= 0.3 is 0 Å². The molecule has 3 aromatic heterocycles. The summed E-state index contributed by atoms with van der Waals surface area (Å²) >= 11 is 3.66. The summed E-state index contributed by atoms with van der Waals surface area (Å²) in [6.07, 6.45) is 0. The Labute approximate surface area is 320 Å². The first-order valence-electron chi connectivity index (χ1n) is 18.1. The summed E-state index contributed by atoms with van der Waals surface area (Å²) in [6, 6.07) is 65.7. The summed E-state index contributed by atoms with van der Waals surface area (Å²) in [5, 5.41) is 7.55. The van der Waals surface area contributed by atoms with E-state index >= 15 is 0 Å². The molecule has 0 unspecified atom stereocenters. The second-order valence-electron chi connectivity index (χ2n) is 13.8. The predicted octanol–water partition coefficient (Wildman–Crippen LogP) is 14.7. The zero-order valence-electron chi connectivity index (χ0n) is 29.0. The fourth-order valence-electron chi connectivity index (χ4n) is 7.78. The van der Waals surface area contributed by atoms with Crippen molar-refractivity contribution in [2.45, 2.75) is 0 Å². The molecule has 0 saturated heterocycles. The zero-order valence-corrected chi connectivity index (χ0v) is 30.7. The molecular weight excluding hydrogens is 693 g/mol. The van der Waals surface area contributed by atoms with Gasteiger partial charge in [0.2, 0.25) is 0 Å². The smallest absolute Gasteiger partial charge is 0.161 e. The maximum Gasteiger partial charge on any atom is 0.161 e. The molecule has 0 aliphatic carbocycles. The number of hydrogen-bond acceptors (Lipinski definition) is 4. The van der Waals surface area contributed by atoms with Crippen molar-refractivity contribution < 1.29 is 0 Å². The highest BCUT2D eigenvalue weighted by Gasteiger charge is 2.17. The fourth-order valence-corrected chi connectivity index (χ4v) is 10.1. The Kier molecular flexibility index (Phi) is 7.25. The number of thiophene rings is 2. The number of aromatic nitrogens is 2. The Bertz CT molecular complexity index is 3230. The Morgan fingerprint density at radius 2 is 0.907 bits per heavy atom. The van der Waals surface area contributed by atoms with Crippen molar-refractivity contribution in [2.75, 3.05) is 0 Å². The van der Waals surface area contributed by atoms with Crippen molar-refractivity contribution in [1.29, 1.82) is 0 Å². The summed E-state index contributed by atoms with van der Waals surface area (Å²) in [6.45, 7) is 0. The molecule has 0 fully saturated rings. The van der Waals surface area contributed by atoms with Crippen molar-refractivity contribution >= 4 is 73.8 Å². The minimum absolute atomic E-state index is 0.729. The summed E-state index contributed by atoms with van der Waals surface area (Å²) in [4.78, 5) is 10.7. The molecule has 54 heavy (non-hydrogen) atoms. The number of benzene rings is 8. The average molecular weight is 723 g/mol. The first-order chi connectivity index (χ1) is 26.7. The normalized spacial score (nSPS) is 11.7. The molecule has 0 radical (unpaired) electrons. The molecule has 0 N–H and O–H groups in total. The quantitative estimate of drug-likeness (QED) is 0.177. The van der Waals surface area contributed by atoms with E-state index in [1.807, 2.05) is 22.7 Å². The van der Waals surface area contributed by atoms with E-state index in [2.05, 4.69) is 182 Å². The fraction of sp³-hybridized carbons (Fsp3) is 0. The number of hydrogen-bond donors (Lipinski definition) is 0. The molecule has 2 nitrogen and oxygen atoms in total. The van der Waals surface area contributed by atoms with Crippen LogP contribution in [0.5, 0.6) is 0 Å². The van der Waals surface area contributed by atoms with E-state index in [9.17, 15) is 0 Å². The van der Waals surface area contributed by atoms with Crippen LogP contribution in [0.25, 0.3) is 107 Å². The lowest BCUT2D eigenvalue weighted by molar-refractivity contribution is 1.19. The summed E-state index contributed by atoms with van der Waals surface area (Å²) < 4.78 is 5.08. The first kappa shape index (κ1) is 31.1. The van der Waals surface area contributed by atoms with Crippen LogP contribution in [-0.2, 0) is 0 Å². The molecule has 0 amide bonds. The maximum absolute atomic E-state index is 5.42. The molecule has 3 heterocycles. The van der Waals surface area contributed by atoms with Gasteiger partial charge in [-0.25, -0.2) is 9.97 Å². The van der Waals surface area contributed by atoms with Gasteiger partial charge in [0.05, 0.1) is 11.4 Å². The standard InChI is InChI=1S/C50H30N2S2/c1-2-12-32(13-3-1)44-30-45(52-50(51-44)42-18-10-17-41-39-15-6-9-20-47(39)54-49(41)42)38-27-36(34-22-21-31-11-4-5-14-33(31)25-34)26-37(28-38)35-23-24-48-43(29-35)40-16-7-8-19-46(40)53-48/h1-30H. The Hall–Kier alpha value is -6.46. The van der Waals surface area contributed by atoms with Crippen LogP contribution in [-0.4, -0.2) is 9.97 Å². The van der Waals surface area contributed by atoms with Crippen LogP contribution >= 0.6 is 22.7 Å². The zero-order chi connectivity index (χ0) is 35.6. The molecule has 8 aromatic carbocycles. The molecule has 0 saturated carbocycles. The molecule has 11 rings (SSSR count). The molecule has 252 valence electrons. The van der Waals surface area contributed by atoms with E-state index in [4.69, 9.17) is 9.97 Å². The summed E-state index contributed by atoms with van der Waals surface area (Å²) in [7, 11) is 0. The second kappa shape index (κ2) is 12.6. The average Bonchev–Trinajstić information content (AvgIpc) is 3.82. The van der Waals surface area contributed by atoms with E-state index in [1.54, 1.807) is 0 Å². The first-order valence-corrected chi connectivity index (χ1v) is 19.8. The minimum atomic E-state index is 0.729. The lowest BCUT2D eigenvalue weighted by atomic mass is 9.93. The number of rotatable bonds is 5. The van der Waals surface area contributed by atoms with E-state index in [-0.39, 0.29) is 0 Å². The van der Waals surface area contributed by atoms with E-state index in [0.29, 0.717) is 0 Å². The van der Waals surface area contributed by atoms with Gasteiger partial charge in [-0.05, 0) is 93.7 Å². The lowest BCUT2D eigenvalue weighted by Gasteiger charge is -2.14. The van der Waals surface area contributed by atoms with Gasteiger partial charge in [-0.3, -0.25) is 0 Å². The molecule has 0 spiro atoms. The van der Waals surface area contributed by atoms with Crippen molar-refractivity contribution in [1.82, 2.24) is 9.97 Å². The van der Waals surface area contributed by atoms with E-state index in [1.165, 1.54) is 62.2 Å². The Balaban J connectivity index is 1.16. The van der Waals surface area contributed by atoms with Crippen molar-refractivity contribution in [3.63, 3.8) is 0 Å². The van der Waals surface area contributed by atoms with Crippen LogP contribution in [0.4, 0.5) is 0 Å². The Morgan fingerprint density at radius 3 is 1.72 bits per heavy atom. The van der Waals surface area contributed by atoms with Gasteiger partial charge in [-0.1, -0.05) is 121 Å². The monoisotopic (exact) mass is 722 g/mol. The molecule has 0 aliphatic rings. The second-order valence-corrected chi connectivity index (χ2v) is 15.9. The molecule has 11 aromatic rings. The van der Waals surface area contributed by atoms with Crippen LogP contribution in [0.1, 0.15) is 0 Å². The molecule has 0 atom stereocenters. The number of fused-ring (bicyclic) bond motifs is 7. The third-order valence-electron chi connectivity index (χ3n) is 10.5. The van der Waals surface area contributed by atoms with Crippen LogP contribution < -0.4 is 0 Å². The highest BCUT2D eigenvalue weighted by atomic mass is 32.1. The summed E-state index contributed by atoms with van der Waals surface area (Å²) in [5.41, 5.74) is 9.61. The van der Waals surface area contributed by atoms with E-state index in [0.717, 1.165) is 45.0 Å². The van der Waals surface area contributed by atoms with Gasteiger partial charge in [0.25, 0.3) is 0 Å². The van der Waals surface area contributed by atoms with Gasteiger partial charge in [0, 0.05) is 57.0 Å². The number of nitrogens with zero attached hydrogens (tertiary/aromatic N) is 2. The highest BCUT2D eigenvalue weighted by Crippen LogP contribution is 2.42. The predicted molar refractivity (Wildman–Crippen MR) is 232 cm³/mol. The van der Waals surface area contributed by atoms with Gasteiger partial charge in [0.1, 0.15) is 0 Å². The van der Waals surface area contributed by atoms with Crippen molar-refractivity contribution in [2.24, 2.45) is 0 Å².